The third-order valence-electron chi connectivity index (χ3n) is 5.34. The van der Waals surface area contributed by atoms with Crippen molar-refractivity contribution in [1.82, 2.24) is 25.0 Å². The fourth-order valence-electron chi connectivity index (χ4n) is 3.68. The molecule has 1 amide bonds. The van der Waals surface area contributed by atoms with Crippen LogP contribution in [0.15, 0.2) is 40.4 Å². The van der Waals surface area contributed by atoms with Gasteiger partial charge in [-0.15, -0.1) is 0 Å². The first-order chi connectivity index (χ1) is 14.2. The number of benzene rings is 1. The number of nitrogens with zero attached hydrogens (tertiary/aromatic N) is 4. The van der Waals surface area contributed by atoms with Crippen molar-refractivity contribution in [2.24, 2.45) is 0 Å². The summed E-state index contributed by atoms with van der Waals surface area (Å²) in [6.07, 6.45) is 3.26. The molecule has 0 saturated carbocycles. The maximum Gasteiger partial charge on any atom is 0.407 e. The summed E-state index contributed by atoms with van der Waals surface area (Å²) in [4.78, 5) is 20.5. The number of carbonyl (C=O) groups excluding carboxylic acids is 1. The van der Waals surface area contributed by atoms with E-state index in [0.29, 0.717) is 6.54 Å². The average molecular weight is 412 g/mol. The zero-order valence-corrected chi connectivity index (χ0v) is 17.8. The molecule has 3 aromatic rings. The van der Waals surface area contributed by atoms with Gasteiger partial charge in [0.25, 0.3) is 0 Å². The highest BCUT2D eigenvalue weighted by atomic mass is 32.2. The number of alkyl carbamates (subject to hydrolysis) is 1. The number of nitrogens with one attached hydrogen (secondary N) is 1. The summed E-state index contributed by atoms with van der Waals surface area (Å²) >= 11 is 1.69. The van der Waals surface area contributed by atoms with Crippen molar-refractivity contribution in [3.63, 3.8) is 0 Å². The summed E-state index contributed by atoms with van der Waals surface area (Å²) in [5.74, 6) is 0. The molecule has 7 nitrogen and oxygen atoms in total. The Hall–Kier alpha value is -2.58. The number of hydrogen-bond acceptors (Lipinski definition) is 6. The zero-order chi connectivity index (χ0) is 20.4. The van der Waals surface area contributed by atoms with Crippen LogP contribution in [-0.2, 0) is 17.8 Å². The maximum atomic E-state index is 11.6. The lowest BCUT2D eigenvalue weighted by molar-refractivity contribution is 0.170. The van der Waals surface area contributed by atoms with Crippen LogP contribution in [0.2, 0.25) is 0 Å². The van der Waals surface area contributed by atoms with Crippen molar-refractivity contribution in [3.8, 4) is 11.3 Å². The number of carbonyl (C=O) groups is 1. The molecular weight excluding hydrogens is 386 g/mol. The molecule has 0 spiro atoms. The minimum atomic E-state index is -0.435. The lowest BCUT2D eigenvalue weighted by Crippen LogP contribution is -2.27. The van der Waals surface area contributed by atoms with Gasteiger partial charge in [-0.25, -0.2) is 4.79 Å². The molecule has 0 fully saturated rings. The van der Waals surface area contributed by atoms with E-state index in [0.717, 1.165) is 63.7 Å². The third kappa shape index (κ3) is 3.70. The standard InChI is InChI=1S/C21H25N5O2S/c1-4-25(5-2)10-11-26-16-7-6-14(12-23-21(27)28-3)20-18(16)19(24-26)15-8-9-22-13-17(15)29-20/h6-9,13H,4-5,10-12H2,1-3H3,(H,23,27). The molecule has 0 atom stereocenters. The predicted octanol–water partition coefficient (Wildman–Crippen LogP) is 3.76. The normalized spacial score (nSPS) is 12.3. The molecule has 8 heteroatoms. The lowest BCUT2D eigenvalue weighted by atomic mass is 10.1. The third-order valence-corrected chi connectivity index (χ3v) is 6.55. The van der Waals surface area contributed by atoms with E-state index in [1.54, 1.807) is 11.8 Å². The molecule has 1 N–H and O–H groups in total. The Bertz CT molecular complexity index is 1040. The van der Waals surface area contributed by atoms with Crippen molar-refractivity contribution in [3.05, 3.63) is 36.2 Å². The monoisotopic (exact) mass is 411 g/mol. The molecule has 1 aliphatic heterocycles. The van der Waals surface area contributed by atoms with Crippen LogP contribution in [0.5, 0.6) is 0 Å². The Morgan fingerprint density at radius 1 is 1.28 bits per heavy atom. The lowest BCUT2D eigenvalue weighted by Gasteiger charge is -2.18. The van der Waals surface area contributed by atoms with Gasteiger partial charge >= 0.3 is 6.09 Å². The number of methoxy groups -OCH3 is 1. The Morgan fingerprint density at radius 2 is 2.10 bits per heavy atom. The van der Waals surface area contributed by atoms with Crippen molar-refractivity contribution < 1.29 is 9.53 Å². The highest BCUT2D eigenvalue weighted by molar-refractivity contribution is 7.99. The van der Waals surface area contributed by atoms with Crippen LogP contribution in [0.3, 0.4) is 0 Å². The van der Waals surface area contributed by atoms with Gasteiger partial charge in [0.15, 0.2) is 0 Å². The summed E-state index contributed by atoms with van der Waals surface area (Å²) < 4.78 is 6.83. The van der Waals surface area contributed by atoms with E-state index in [9.17, 15) is 4.79 Å². The summed E-state index contributed by atoms with van der Waals surface area (Å²) in [6.45, 7) is 8.63. The number of rotatable bonds is 7. The first kappa shape index (κ1) is 19.7. The molecule has 152 valence electrons. The van der Waals surface area contributed by atoms with E-state index in [1.807, 2.05) is 18.5 Å². The van der Waals surface area contributed by atoms with Gasteiger partial charge in [0.2, 0.25) is 0 Å². The average Bonchev–Trinajstić information content (AvgIpc) is 3.13. The van der Waals surface area contributed by atoms with Gasteiger partial charge in [0.1, 0.15) is 5.69 Å². The van der Waals surface area contributed by atoms with Crippen molar-refractivity contribution in [2.45, 2.75) is 36.7 Å². The van der Waals surface area contributed by atoms with E-state index in [2.05, 4.69) is 45.9 Å². The molecule has 1 aromatic carbocycles. The van der Waals surface area contributed by atoms with Crippen LogP contribution < -0.4 is 5.32 Å². The summed E-state index contributed by atoms with van der Waals surface area (Å²) in [5, 5.41) is 8.94. The number of pyridine rings is 1. The highest BCUT2D eigenvalue weighted by Gasteiger charge is 2.26. The molecule has 0 saturated heterocycles. The quantitative estimate of drug-likeness (QED) is 0.499. The van der Waals surface area contributed by atoms with Gasteiger partial charge in [0, 0.05) is 46.2 Å². The number of ether oxygens (including phenoxy) is 1. The molecule has 2 aromatic heterocycles. The van der Waals surface area contributed by atoms with E-state index in [1.165, 1.54) is 7.11 Å². The zero-order valence-electron chi connectivity index (χ0n) is 16.9. The van der Waals surface area contributed by atoms with Crippen molar-refractivity contribution in [1.29, 1.82) is 0 Å². The van der Waals surface area contributed by atoms with Gasteiger partial charge in [0.05, 0.1) is 19.2 Å². The second-order valence-electron chi connectivity index (χ2n) is 6.87. The first-order valence-corrected chi connectivity index (χ1v) is 10.7. The largest absolute Gasteiger partial charge is 0.453 e. The SMILES string of the molecule is CCN(CC)CCn1nc2c3c(c(CNC(=O)OC)ccc31)Sc1cnccc1-2. The summed E-state index contributed by atoms with van der Waals surface area (Å²) in [7, 11) is 1.37. The fourth-order valence-corrected chi connectivity index (χ4v) is 4.86. The molecule has 3 heterocycles. The fraction of sp³-hybridized carbons (Fsp3) is 0.381. The number of aromatic nitrogens is 3. The molecule has 0 aliphatic carbocycles. The molecule has 29 heavy (non-hydrogen) atoms. The topological polar surface area (TPSA) is 72.3 Å². The maximum absolute atomic E-state index is 11.6. The smallest absolute Gasteiger partial charge is 0.407 e. The Kier molecular flexibility index (Phi) is 5.73. The van der Waals surface area contributed by atoms with E-state index >= 15 is 0 Å². The number of fused-ring (bicyclic) bond motifs is 2. The second-order valence-corrected chi connectivity index (χ2v) is 7.92. The van der Waals surface area contributed by atoms with Crippen LogP contribution in [0.25, 0.3) is 22.2 Å². The Balaban J connectivity index is 1.78. The molecule has 1 aliphatic rings. The Labute approximate surface area is 174 Å². The summed E-state index contributed by atoms with van der Waals surface area (Å²) in [5.41, 5.74) is 4.28. The number of hydrogen-bond donors (Lipinski definition) is 1. The molecule has 0 bridgehead atoms. The van der Waals surface area contributed by atoms with Crippen LogP contribution in [0, 0.1) is 0 Å². The van der Waals surface area contributed by atoms with Crippen LogP contribution in [0.1, 0.15) is 19.4 Å². The molecule has 4 rings (SSSR count). The van der Waals surface area contributed by atoms with Gasteiger partial charge in [-0.1, -0.05) is 31.7 Å². The van der Waals surface area contributed by atoms with Crippen LogP contribution in [0.4, 0.5) is 4.79 Å². The Morgan fingerprint density at radius 3 is 2.86 bits per heavy atom. The number of likely N-dealkylation sites (N-methyl/N-ethyl adjacent to an activating group) is 1. The van der Waals surface area contributed by atoms with Crippen molar-refractivity contribution in [2.75, 3.05) is 26.7 Å². The first-order valence-electron chi connectivity index (χ1n) is 9.85. The van der Waals surface area contributed by atoms with Crippen molar-refractivity contribution >= 4 is 28.8 Å². The van der Waals surface area contributed by atoms with Crippen LogP contribution in [-0.4, -0.2) is 52.5 Å². The van der Waals surface area contributed by atoms with Gasteiger partial charge in [-0.2, -0.15) is 5.10 Å². The molecule has 0 unspecified atom stereocenters. The summed E-state index contributed by atoms with van der Waals surface area (Å²) in [6, 6.07) is 6.21. The highest BCUT2D eigenvalue weighted by Crippen LogP contribution is 2.48. The minimum absolute atomic E-state index is 0.407. The van der Waals surface area contributed by atoms with Gasteiger partial charge in [-0.05, 0) is 30.8 Å². The van der Waals surface area contributed by atoms with E-state index in [4.69, 9.17) is 9.84 Å². The van der Waals surface area contributed by atoms with Gasteiger partial charge in [-0.3, -0.25) is 9.67 Å². The van der Waals surface area contributed by atoms with Gasteiger partial charge < -0.3 is 15.0 Å². The molecular formula is C21H25N5O2S. The molecule has 0 radical (unpaired) electrons. The van der Waals surface area contributed by atoms with Crippen LogP contribution >= 0.6 is 11.8 Å². The minimum Gasteiger partial charge on any atom is -0.453 e. The predicted molar refractivity (Wildman–Crippen MR) is 114 cm³/mol. The number of amides is 1. The second kappa shape index (κ2) is 8.42. The van der Waals surface area contributed by atoms with E-state index in [-0.39, 0.29) is 0 Å². The van der Waals surface area contributed by atoms with E-state index < -0.39 is 6.09 Å².